The molecule has 1 saturated heterocycles. The van der Waals surface area contributed by atoms with Crippen LogP contribution in [0.3, 0.4) is 0 Å². The number of piperidine rings is 1. The number of nitrogens with one attached hydrogen (secondary N) is 3. The Labute approximate surface area is 194 Å². The second kappa shape index (κ2) is 10.9. The molecule has 2 amide bonds. The lowest BCUT2D eigenvalue weighted by Gasteiger charge is -2.26. The molecule has 2 heterocycles. The first-order chi connectivity index (χ1) is 15.7. The van der Waals surface area contributed by atoms with Crippen LogP contribution in [0.2, 0.25) is 0 Å². The van der Waals surface area contributed by atoms with Crippen molar-refractivity contribution in [3.8, 4) is 17.6 Å². The molecule has 0 aliphatic carbocycles. The van der Waals surface area contributed by atoms with Crippen LogP contribution >= 0.6 is 0 Å². The minimum atomic E-state index is -4.13. The van der Waals surface area contributed by atoms with Crippen molar-refractivity contribution in [2.45, 2.75) is 56.5 Å². The normalized spacial score (nSPS) is 19.8. The van der Waals surface area contributed by atoms with Crippen molar-refractivity contribution in [1.82, 2.24) is 15.4 Å². The zero-order valence-electron chi connectivity index (χ0n) is 18.8. The molecule has 1 aromatic carbocycles. The van der Waals surface area contributed by atoms with Gasteiger partial charge in [-0.2, -0.15) is 9.98 Å². The van der Waals surface area contributed by atoms with Gasteiger partial charge in [-0.05, 0) is 43.7 Å². The number of rotatable bonds is 9. The van der Waals surface area contributed by atoms with E-state index in [0.29, 0.717) is 25.3 Å². The van der Waals surface area contributed by atoms with Gasteiger partial charge in [0.1, 0.15) is 30.2 Å². The van der Waals surface area contributed by atoms with Gasteiger partial charge in [0, 0.05) is 12.5 Å². The highest BCUT2D eigenvalue weighted by atomic mass is 32.2. The molecule has 10 nitrogen and oxygen atoms in total. The highest BCUT2D eigenvalue weighted by Crippen LogP contribution is 2.36. The molecular weight excluding hydrogens is 448 g/mol. The van der Waals surface area contributed by atoms with Crippen LogP contribution in [0.5, 0.6) is 11.5 Å². The van der Waals surface area contributed by atoms with Crippen LogP contribution in [0.1, 0.15) is 39.5 Å². The maximum Gasteiger partial charge on any atom is 0.245 e. The molecule has 1 fully saturated rings. The minimum absolute atomic E-state index is 0.00243. The van der Waals surface area contributed by atoms with Crippen molar-refractivity contribution in [2.24, 2.45) is 11.8 Å². The van der Waals surface area contributed by atoms with Gasteiger partial charge in [0.05, 0.1) is 6.07 Å². The topological polar surface area (TPSA) is 147 Å². The first-order valence-corrected chi connectivity index (χ1v) is 12.6. The summed E-state index contributed by atoms with van der Waals surface area (Å²) >= 11 is 0. The van der Waals surface area contributed by atoms with E-state index >= 15 is 0 Å². The van der Waals surface area contributed by atoms with E-state index in [1.165, 1.54) is 6.07 Å². The molecule has 33 heavy (non-hydrogen) atoms. The molecule has 0 saturated carbocycles. The standard InChI is InChI=1S/C22H30N4O6S/c1-14(2)11-17(22(28)25-16(13-23)12-15-5-4-8-24-21(15)27)26-33(29,30)19-7-3-6-18-20(19)32-10-9-31-18/h3,6-7,14-17,26H,4-5,8-12H2,1-2H3,(H,24,27)(H,25,28)/t15-,16-,17-/m0/s1. The predicted octanol–water partition coefficient (Wildman–Crippen LogP) is 1.08. The Morgan fingerprint density at radius 3 is 2.76 bits per heavy atom. The number of fused-ring (bicyclic) bond motifs is 1. The largest absolute Gasteiger partial charge is 0.486 e. The molecule has 3 N–H and O–H groups in total. The maximum absolute atomic E-state index is 13.2. The second-order valence-corrected chi connectivity index (χ2v) is 10.3. The molecule has 0 bridgehead atoms. The SMILES string of the molecule is CC(C)C[C@H](NS(=O)(=O)c1cccc2c1OCCO2)C(=O)N[C@H](C#N)C[C@@H]1CCCNC1=O. The van der Waals surface area contributed by atoms with Crippen LogP contribution in [0.25, 0.3) is 0 Å². The summed E-state index contributed by atoms with van der Waals surface area (Å²) in [7, 11) is -4.13. The number of nitrogens with zero attached hydrogens (tertiary/aromatic N) is 1. The third-order valence-electron chi connectivity index (χ3n) is 5.53. The summed E-state index contributed by atoms with van der Waals surface area (Å²) in [4.78, 5) is 24.9. The van der Waals surface area contributed by atoms with E-state index in [-0.39, 0.29) is 47.8 Å². The van der Waals surface area contributed by atoms with E-state index < -0.39 is 28.0 Å². The van der Waals surface area contributed by atoms with Gasteiger partial charge in [0.25, 0.3) is 0 Å². The van der Waals surface area contributed by atoms with Crippen molar-refractivity contribution in [2.75, 3.05) is 19.8 Å². The quantitative estimate of drug-likeness (QED) is 0.481. The molecule has 11 heteroatoms. The number of amides is 2. The van der Waals surface area contributed by atoms with Crippen molar-refractivity contribution in [1.29, 1.82) is 5.26 Å². The molecule has 0 spiro atoms. The minimum Gasteiger partial charge on any atom is -0.486 e. The first-order valence-electron chi connectivity index (χ1n) is 11.1. The van der Waals surface area contributed by atoms with E-state index in [0.717, 1.165) is 6.42 Å². The lowest BCUT2D eigenvalue weighted by molar-refractivity contribution is -0.128. The van der Waals surface area contributed by atoms with Crippen LogP contribution < -0.4 is 24.8 Å². The molecule has 2 aliphatic rings. The monoisotopic (exact) mass is 478 g/mol. The summed E-state index contributed by atoms with van der Waals surface area (Å²) in [5.41, 5.74) is 0. The average molecular weight is 479 g/mol. The zero-order chi connectivity index (χ0) is 24.0. The highest BCUT2D eigenvalue weighted by molar-refractivity contribution is 7.89. The summed E-state index contributed by atoms with van der Waals surface area (Å²) in [5.74, 6) is -0.681. The molecule has 0 aromatic heterocycles. The number of hydrogen-bond donors (Lipinski definition) is 3. The Balaban J connectivity index is 1.75. The fraction of sp³-hybridized carbons (Fsp3) is 0.591. The summed E-state index contributed by atoms with van der Waals surface area (Å²) in [6.45, 7) is 4.87. The van der Waals surface area contributed by atoms with Gasteiger partial charge >= 0.3 is 0 Å². The van der Waals surface area contributed by atoms with Crippen molar-refractivity contribution in [3.05, 3.63) is 18.2 Å². The fourth-order valence-corrected chi connectivity index (χ4v) is 5.32. The smallest absolute Gasteiger partial charge is 0.245 e. The molecule has 3 atom stereocenters. The molecule has 1 aromatic rings. The Hall–Kier alpha value is -2.84. The third-order valence-corrected chi connectivity index (χ3v) is 7.03. The zero-order valence-corrected chi connectivity index (χ0v) is 19.6. The Kier molecular flexibility index (Phi) is 8.15. The molecule has 3 rings (SSSR count). The number of carbonyl (C=O) groups is 2. The van der Waals surface area contributed by atoms with Crippen molar-refractivity contribution >= 4 is 21.8 Å². The van der Waals surface area contributed by atoms with Crippen LogP contribution in [-0.2, 0) is 19.6 Å². The van der Waals surface area contributed by atoms with Gasteiger partial charge in [-0.3, -0.25) is 9.59 Å². The highest BCUT2D eigenvalue weighted by Gasteiger charge is 2.33. The van der Waals surface area contributed by atoms with Crippen LogP contribution in [0.15, 0.2) is 23.1 Å². The lowest BCUT2D eigenvalue weighted by Crippen LogP contribution is -2.51. The van der Waals surface area contributed by atoms with Crippen molar-refractivity contribution in [3.63, 3.8) is 0 Å². The first kappa shape index (κ1) is 24.8. The van der Waals surface area contributed by atoms with Gasteiger partial charge in [-0.25, -0.2) is 8.42 Å². The molecular formula is C22H30N4O6S. The van der Waals surface area contributed by atoms with Crippen molar-refractivity contribution < 1.29 is 27.5 Å². The Morgan fingerprint density at radius 1 is 1.30 bits per heavy atom. The summed E-state index contributed by atoms with van der Waals surface area (Å²) < 4.78 is 39.8. The third kappa shape index (κ3) is 6.36. The maximum atomic E-state index is 13.2. The Bertz CT molecular complexity index is 1020. The number of carbonyl (C=O) groups excluding carboxylic acids is 2. The fourth-order valence-electron chi connectivity index (χ4n) is 3.95. The molecule has 180 valence electrons. The van der Waals surface area contributed by atoms with E-state index in [1.807, 2.05) is 19.9 Å². The lowest BCUT2D eigenvalue weighted by atomic mass is 9.92. The number of hydrogen-bond acceptors (Lipinski definition) is 7. The van der Waals surface area contributed by atoms with E-state index in [1.54, 1.807) is 12.1 Å². The number of nitriles is 1. The van der Waals surface area contributed by atoms with Crippen LogP contribution in [0.4, 0.5) is 0 Å². The summed E-state index contributed by atoms with van der Waals surface area (Å²) in [5, 5.41) is 14.9. The van der Waals surface area contributed by atoms with Crippen LogP contribution in [0, 0.1) is 23.2 Å². The molecule has 0 unspecified atom stereocenters. The second-order valence-electron chi connectivity index (χ2n) is 8.64. The van der Waals surface area contributed by atoms with Gasteiger partial charge in [0.15, 0.2) is 11.5 Å². The van der Waals surface area contributed by atoms with E-state index in [2.05, 4.69) is 15.4 Å². The molecule has 0 radical (unpaired) electrons. The predicted molar refractivity (Wildman–Crippen MR) is 119 cm³/mol. The number of ether oxygens (including phenoxy) is 2. The van der Waals surface area contributed by atoms with E-state index in [4.69, 9.17) is 9.47 Å². The summed E-state index contributed by atoms with van der Waals surface area (Å²) in [6.07, 6.45) is 1.85. The van der Waals surface area contributed by atoms with Gasteiger partial charge < -0.3 is 20.1 Å². The number of benzene rings is 1. The number of sulfonamides is 1. The van der Waals surface area contributed by atoms with E-state index in [9.17, 15) is 23.3 Å². The van der Waals surface area contributed by atoms with Gasteiger partial charge in [-0.15, -0.1) is 0 Å². The number of para-hydroxylation sites is 1. The average Bonchev–Trinajstić information content (AvgIpc) is 2.78. The summed E-state index contributed by atoms with van der Waals surface area (Å²) in [6, 6.07) is 4.55. The Morgan fingerprint density at radius 2 is 2.06 bits per heavy atom. The van der Waals surface area contributed by atoms with Crippen LogP contribution in [-0.4, -0.2) is 52.1 Å². The van der Waals surface area contributed by atoms with Gasteiger partial charge in [0.2, 0.25) is 21.8 Å². The molecule has 2 aliphatic heterocycles. The van der Waals surface area contributed by atoms with Gasteiger partial charge in [-0.1, -0.05) is 19.9 Å².